The van der Waals surface area contributed by atoms with E-state index in [1.165, 1.54) is 6.21 Å². The largest absolute Gasteiger partial charge is 0.390 e. The first-order valence-electron chi connectivity index (χ1n) is 6.34. The summed E-state index contributed by atoms with van der Waals surface area (Å²) in [4.78, 5) is 4.37. The standard InChI is InChI=1S/C14H16Cl2N4/c15-4-1-5-18-8-11(7-17)10-6-13-12(19-9-10)2-3-14(16)20-13/h2-3,6-9,14,17-18,20H,1,4-5H2/b11-8+,17-7?. The van der Waals surface area contributed by atoms with Crippen LogP contribution in [0.5, 0.6) is 0 Å². The third-order valence-corrected chi connectivity index (χ3v) is 3.36. The first-order chi connectivity index (χ1) is 9.74. The number of alkyl halides is 2. The summed E-state index contributed by atoms with van der Waals surface area (Å²) < 4.78 is 0. The second kappa shape index (κ2) is 7.31. The molecule has 0 saturated carbocycles. The molecule has 0 spiro atoms. The molecule has 2 rings (SSSR count). The zero-order chi connectivity index (χ0) is 14.4. The second-order valence-electron chi connectivity index (χ2n) is 4.30. The van der Waals surface area contributed by atoms with Crippen molar-refractivity contribution >= 4 is 46.8 Å². The minimum Gasteiger partial charge on any atom is -0.390 e. The lowest BCUT2D eigenvalue weighted by molar-refractivity contribution is 0.815. The van der Waals surface area contributed by atoms with Gasteiger partial charge in [-0.15, -0.1) is 11.6 Å². The third-order valence-electron chi connectivity index (χ3n) is 2.84. The van der Waals surface area contributed by atoms with Gasteiger partial charge in [0.25, 0.3) is 0 Å². The topological polar surface area (TPSA) is 60.8 Å². The summed E-state index contributed by atoms with van der Waals surface area (Å²) in [5.74, 6) is 0.620. The minimum atomic E-state index is -0.228. The number of rotatable bonds is 6. The molecule has 0 bridgehead atoms. The van der Waals surface area contributed by atoms with Crippen LogP contribution in [0.15, 0.2) is 24.5 Å². The maximum Gasteiger partial charge on any atom is 0.120 e. The number of nitrogens with zero attached hydrogens (tertiary/aromatic N) is 1. The highest BCUT2D eigenvalue weighted by molar-refractivity contribution is 6.23. The molecular weight excluding hydrogens is 295 g/mol. The molecule has 1 aromatic rings. The fourth-order valence-corrected chi connectivity index (χ4v) is 2.14. The molecule has 0 amide bonds. The number of pyridine rings is 1. The van der Waals surface area contributed by atoms with E-state index in [0.717, 1.165) is 35.5 Å². The van der Waals surface area contributed by atoms with Crippen molar-refractivity contribution in [2.24, 2.45) is 0 Å². The number of halogens is 2. The lowest BCUT2D eigenvalue weighted by Crippen LogP contribution is -2.14. The van der Waals surface area contributed by atoms with Crippen LogP contribution in [0, 0.1) is 5.41 Å². The number of anilines is 1. The first-order valence-corrected chi connectivity index (χ1v) is 7.31. The van der Waals surface area contributed by atoms with E-state index in [2.05, 4.69) is 15.6 Å². The normalized spacial score (nSPS) is 17.3. The van der Waals surface area contributed by atoms with Crippen LogP contribution in [0.2, 0.25) is 0 Å². The molecule has 4 nitrogen and oxygen atoms in total. The number of aromatic nitrogens is 1. The van der Waals surface area contributed by atoms with E-state index in [4.69, 9.17) is 28.6 Å². The van der Waals surface area contributed by atoms with Crippen molar-refractivity contribution in [3.63, 3.8) is 0 Å². The highest BCUT2D eigenvalue weighted by Gasteiger charge is 2.12. The van der Waals surface area contributed by atoms with Crippen LogP contribution in [-0.4, -0.2) is 29.1 Å². The second-order valence-corrected chi connectivity index (χ2v) is 5.15. The Morgan fingerprint density at radius 3 is 3.15 bits per heavy atom. The average molecular weight is 311 g/mol. The van der Waals surface area contributed by atoms with E-state index in [-0.39, 0.29) is 5.50 Å². The Morgan fingerprint density at radius 2 is 2.40 bits per heavy atom. The van der Waals surface area contributed by atoms with Crippen LogP contribution in [0.25, 0.3) is 11.6 Å². The van der Waals surface area contributed by atoms with Gasteiger partial charge in [0.15, 0.2) is 0 Å². The van der Waals surface area contributed by atoms with Gasteiger partial charge in [-0.2, -0.15) is 0 Å². The van der Waals surface area contributed by atoms with E-state index in [0.29, 0.717) is 5.88 Å². The average Bonchev–Trinajstić information content (AvgIpc) is 2.46. The Bertz CT molecular complexity index is 540. The van der Waals surface area contributed by atoms with E-state index in [1.54, 1.807) is 12.4 Å². The Kier molecular flexibility index (Phi) is 5.44. The number of hydrogen-bond acceptors (Lipinski definition) is 4. The van der Waals surface area contributed by atoms with Gasteiger partial charge in [0.05, 0.1) is 11.4 Å². The third kappa shape index (κ3) is 3.74. The number of fused-ring (bicyclic) bond motifs is 1. The smallest absolute Gasteiger partial charge is 0.120 e. The van der Waals surface area contributed by atoms with Crippen molar-refractivity contribution in [1.29, 1.82) is 5.41 Å². The van der Waals surface area contributed by atoms with Gasteiger partial charge in [-0.25, -0.2) is 0 Å². The highest BCUT2D eigenvalue weighted by atomic mass is 35.5. The van der Waals surface area contributed by atoms with Crippen molar-refractivity contribution in [3.05, 3.63) is 35.8 Å². The predicted molar refractivity (Wildman–Crippen MR) is 86.6 cm³/mol. The monoisotopic (exact) mass is 310 g/mol. The lowest BCUT2D eigenvalue weighted by Gasteiger charge is -2.17. The molecule has 1 aliphatic heterocycles. The molecule has 1 aliphatic rings. The number of hydrogen-bond donors (Lipinski definition) is 3. The van der Waals surface area contributed by atoms with Crippen molar-refractivity contribution in [2.75, 3.05) is 17.7 Å². The fraction of sp³-hybridized carbons (Fsp3) is 0.286. The molecule has 0 aliphatic carbocycles. The lowest BCUT2D eigenvalue weighted by atomic mass is 10.1. The van der Waals surface area contributed by atoms with Gasteiger partial charge in [-0.1, -0.05) is 11.6 Å². The molecule has 3 N–H and O–H groups in total. The Balaban J connectivity index is 2.17. The SMILES string of the molecule is N=C/C(=C\NCCCCl)c1cnc2c(c1)NC(Cl)C=C2. The molecule has 6 heteroatoms. The van der Waals surface area contributed by atoms with Gasteiger partial charge < -0.3 is 16.0 Å². The summed E-state index contributed by atoms with van der Waals surface area (Å²) in [5.41, 5.74) is 3.12. The van der Waals surface area contributed by atoms with Crippen LogP contribution in [0.1, 0.15) is 17.7 Å². The fourth-order valence-electron chi connectivity index (χ4n) is 1.81. The summed E-state index contributed by atoms with van der Waals surface area (Å²) in [6.45, 7) is 0.782. The van der Waals surface area contributed by atoms with Gasteiger partial charge in [-0.3, -0.25) is 4.98 Å². The molecule has 1 aromatic heterocycles. The molecule has 1 atom stereocenters. The summed E-state index contributed by atoms with van der Waals surface area (Å²) >= 11 is 11.6. The molecule has 106 valence electrons. The van der Waals surface area contributed by atoms with E-state index >= 15 is 0 Å². The predicted octanol–water partition coefficient (Wildman–Crippen LogP) is 3.29. The van der Waals surface area contributed by atoms with Gasteiger partial charge in [0.2, 0.25) is 0 Å². The maximum absolute atomic E-state index is 7.51. The van der Waals surface area contributed by atoms with Gasteiger partial charge in [0.1, 0.15) is 5.50 Å². The van der Waals surface area contributed by atoms with Crippen molar-refractivity contribution in [1.82, 2.24) is 10.3 Å². The molecule has 0 saturated heterocycles. The zero-order valence-electron chi connectivity index (χ0n) is 10.9. The molecule has 0 radical (unpaired) electrons. The van der Waals surface area contributed by atoms with Crippen LogP contribution in [-0.2, 0) is 0 Å². The minimum absolute atomic E-state index is 0.228. The van der Waals surface area contributed by atoms with Crippen molar-refractivity contribution in [3.8, 4) is 0 Å². The number of allylic oxidation sites excluding steroid dienone is 1. The quantitative estimate of drug-likeness (QED) is 0.327. The Morgan fingerprint density at radius 1 is 1.55 bits per heavy atom. The van der Waals surface area contributed by atoms with E-state index < -0.39 is 0 Å². The molecule has 1 unspecified atom stereocenters. The molecule has 2 heterocycles. The Hall–Kier alpha value is -1.52. The van der Waals surface area contributed by atoms with Crippen LogP contribution in [0.3, 0.4) is 0 Å². The molecule has 0 aromatic carbocycles. The van der Waals surface area contributed by atoms with Gasteiger partial charge in [0, 0.05) is 42.2 Å². The van der Waals surface area contributed by atoms with E-state index in [1.807, 2.05) is 18.2 Å². The molecular formula is C14H16Cl2N4. The van der Waals surface area contributed by atoms with Gasteiger partial charge >= 0.3 is 0 Å². The Labute approximate surface area is 128 Å². The summed E-state index contributed by atoms with van der Waals surface area (Å²) in [6.07, 6.45) is 9.47. The number of nitrogens with one attached hydrogen (secondary N) is 3. The zero-order valence-corrected chi connectivity index (χ0v) is 12.4. The van der Waals surface area contributed by atoms with Crippen LogP contribution < -0.4 is 10.6 Å². The van der Waals surface area contributed by atoms with E-state index in [9.17, 15) is 0 Å². The summed E-state index contributed by atoms with van der Waals surface area (Å²) in [6, 6.07) is 1.95. The van der Waals surface area contributed by atoms with Crippen LogP contribution >= 0.6 is 23.2 Å². The molecule has 0 fully saturated rings. The molecule has 20 heavy (non-hydrogen) atoms. The maximum atomic E-state index is 7.51. The van der Waals surface area contributed by atoms with Crippen LogP contribution in [0.4, 0.5) is 5.69 Å². The van der Waals surface area contributed by atoms with Gasteiger partial charge in [-0.05, 0) is 24.6 Å². The first kappa shape index (κ1) is 14.9. The van der Waals surface area contributed by atoms with Crippen molar-refractivity contribution in [2.45, 2.75) is 11.9 Å². The van der Waals surface area contributed by atoms with Crippen molar-refractivity contribution < 1.29 is 0 Å². The summed E-state index contributed by atoms with van der Waals surface area (Å²) in [7, 11) is 0. The summed E-state index contributed by atoms with van der Waals surface area (Å²) in [5, 5.41) is 13.8. The highest BCUT2D eigenvalue weighted by Crippen LogP contribution is 2.25.